The number of methoxy groups -OCH3 is 3. The molecule has 0 atom stereocenters. The van der Waals surface area contributed by atoms with Crippen molar-refractivity contribution >= 4 is 23.0 Å². The van der Waals surface area contributed by atoms with Crippen LogP contribution in [0.1, 0.15) is 10.4 Å². The molecule has 7 heteroatoms. The average Bonchev–Trinajstić information content (AvgIpc) is 2.74. The molecular weight excluding hydrogens is 358 g/mol. The van der Waals surface area contributed by atoms with Gasteiger partial charge in [-0.1, -0.05) is 0 Å². The first kappa shape index (κ1) is 19.0. The van der Waals surface area contributed by atoms with E-state index in [-0.39, 0.29) is 5.91 Å². The second kappa shape index (κ2) is 8.77. The Morgan fingerprint density at radius 2 is 1.54 bits per heavy atom. The molecule has 3 aromatic rings. The van der Waals surface area contributed by atoms with Gasteiger partial charge in [0.2, 0.25) is 0 Å². The molecule has 3 rings (SSSR count). The van der Waals surface area contributed by atoms with Gasteiger partial charge in [-0.15, -0.1) is 0 Å². The van der Waals surface area contributed by atoms with Crippen molar-refractivity contribution in [3.8, 4) is 17.2 Å². The molecule has 1 heterocycles. The number of nitrogens with zero attached hydrogens (tertiary/aromatic N) is 1. The fourth-order valence-electron chi connectivity index (χ4n) is 2.58. The highest BCUT2D eigenvalue weighted by molar-refractivity contribution is 6.04. The number of anilines is 3. The quantitative estimate of drug-likeness (QED) is 0.643. The summed E-state index contributed by atoms with van der Waals surface area (Å²) in [5, 5.41) is 6.04. The number of aromatic nitrogens is 1. The molecule has 0 aliphatic heterocycles. The third-order valence-corrected chi connectivity index (χ3v) is 4.03. The lowest BCUT2D eigenvalue weighted by Gasteiger charge is -2.13. The first-order chi connectivity index (χ1) is 13.6. The minimum absolute atomic E-state index is 0.265. The zero-order valence-corrected chi connectivity index (χ0v) is 15.9. The fourth-order valence-corrected chi connectivity index (χ4v) is 2.58. The maximum Gasteiger partial charge on any atom is 0.257 e. The Hall–Kier alpha value is -3.74. The molecule has 0 unspecified atom stereocenters. The molecule has 0 bridgehead atoms. The SMILES string of the molecule is COc1ccc(NC(=O)c2cncc(Nc3cc(OC)ccc3OC)c2)cc1. The van der Waals surface area contributed by atoms with Gasteiger partial charge in [-0.3, -0.25) is 9.78 Å². The molecule has 28 heavy (non-hydrogen) atoms. The van der Waals surface area contributed by atoms with E-state index in [1.165, 1.54) is 6.20 Å². The third-order valence-electron chi connectivity index (χ3n) is 4.03. The Morgan fingerprint density at radius 3 is 2.21 bits per heavy atom. The van der Waals surface area contributed by atoms with Gasteiger partial charge in [-0.2, -0.15) is 0 Å². The smallest absolute Gasteiger partial charge is 0.257 e. The largest absolute Gasteiger partial charge is 0.497 e. The van der Waals surface area contributed by atoms with E-state index in [2.05, 4.69) is 15.6 Å². The van der Waals surface area contributed by atoms with E-state index in [0.29, 0.717) is 34.1 Å². The summed E-state index contributed by atoms with van der Waals surface area (Å²) in [5.41, 5.74) is 2.44. The van der Waals surface area contributed by atoms with Crippen LogP contribution in [0.15, 0.2) is 60.9 Å². The molecule has 0 fully saturated rings. The van der Waals surface area contributed by atoms with Crippen molar-refractivity contribution in [3.05, 3.63) is 66.5 Å². The number of carbonyl (C=O) groups is 1. The van der Waals surface area contributed by atoms with E-state index in [4.69, 9.17) is 14.2 Å². The lowest BCUT2D eigenvalue weighted by atomic mass is 10.2. The van der Waals surface area contributed by atoms with Crippen LogP contribution in [0.5, 0.6) is 17.2 Å². The van der Waals surface area contributed by atoms with Crippen molar-refractivity contribution in [3.63, 3.8) is 0 Å². The van der Waals surface area contributed by atoms with Crippen LogP contribution in [0, 0.1) is 0 Å². The Balaban J connectivity index is 1.77. The minimum Gasteiger partial charge on any atom is -0.497 e. The number of hydrogen-bond donors (Lipinski definition) is 2. The Morgan fingerprint density at radius 1 is 0.821 bits per heavy atom. The van der Waals surface area contributed by atoms with Gasteiger partial charge >= 0.3 is 0 Å². The number of ether oxygens (including phenoxy) is 3. The van der Waals surface area contributed by atoms with Crippen molar-refractivity contribution in [2.24, 2.45) is 0 Å². The normalized spacial score (nSPS) is 10.1. The number of pyridine rings is 1. The highest BCUT2D eigenvalue weighted by atomic mass is 16.5. The van der Waals surface area contributed by atoms with Crippen LogP contribution in [0.4, 0.5) is 17.1 Å². The molecule has 2 N–H and O–H groups in total. The van der Waals surface area contributed by atoms with Crippen LogP contribution in [-0.4, -0.2) is 32.2 Å². The van der Waals surface area contributed by atoms with E-state index in [1.54, 1.807) is 70.0 Å². The van der Waals surface area contributed by atoms with E-state index in [1.807, 2.05) is 6.07 Å². The van der Waals surface area contributed by atoms with Crippen LogP contribution in [-0.2, 0) is 0 Å². The van der Waals surface area contributed by atoms with Crippen LogP contribution in [0.3, 0.4) is 0 Å². The van der Waals surface area contributed by atoms with E-state index < -0.39 is 0 Å². The second-order valence-corrected chi connectivity index (χ2v) is 5.84. The maximum atomic E-state index is 12.5. The van der Waals surface area contributed by atoms with E-state index in [9.17, 15) is 4.79 Å². The lowest BCUT2D eigenvalue weighted by molar-refractivity contribution is 0.102. The van der Waals surface area contributed by atoms with Crippen LogP contribution in [0.2, 0.25) is 0 Å². The molecule has 0 spiro atoms. The van der Waals surface area contributed by atoms with Crippen molar-refractivity contribution in [2.45, 2.75) is 0 Å². The van der Waals surface area contributed by atoms with Crippen LogP contribution < -0.4 is 24.8 Å². The van der Waals surface area contributed by atoms with Gasteiger partial charge in [-0.25, -0.2) is 0 Å². The highest BCUT2D eigenvalue weighted by Gasteiger charge is 2.10. The van der Waals surface area contributed by atoms with Gasteiger partial charge in [0.25, 0.3) is 5.91 Å². The zero-order valence-electron chi connectivity index (χ0n) is 15.9. The summed E-state index contributed by atoms with van der Waals surface area (Å²) in [6, 6.07) is 14.2. The third kappa shape index (κ3) is 4.50. The van der Waals surface area contributed by atoms with Crippen LogP contribution in [0.25, 0.3) is 0 Å². The molecule has 144 valence electrons. The monoisotopic (exact) mass is 379 g/mol. The standard InChI is InChI=1S/C21H21N3O4/c1-26-17-6-4-15(5-7-17)24-21(25)14-10-16(13-22-12-14)23-19-11-18(27-2)8-9-20(19)28-3/h4-13,23H,1-3H3,(H,24,25). The van der Waals surface area contributed by atoms with Gasteiger partial charge in [-0.05, 0) is 42.5 Å². The summed E-state index contributed by atoms with van der Waals surface area (Å²) in [6.45, 7) is 0. The second-order valence-electron chi connectivity index (χ2n) is 5.84. The van der Waals surface area contributed by atoms with Crippen molar-refractivity contribution in [1.82, 2.24) is 4.98 Å². The van der Waals surface area contributed by atoms with Crippen molar-refractivity contribution in [2.75, 3.05) is 32.0 Å². The Bertz CT molecular complexity index is 958. The molecule has 7 nitrogen and oxygen atoms in total. The lowest BCUT2D eigenvalue weighted by Crippen LogP contribution is -2.12. The van der Waals surface area contributed by atoms with Crippen molar-refractivity contribution in [1.29, 1.82) is 0 Å². The zero-order chi connectivity index (χ0) is 19.9. The Kier molecular flexibility index (Phi) is 5.96. The van der Waals surface area contributed by atoms with Gasteiger partial charge in [0.15, 0.2) is 0 Å². The first-order valence-corrected chi connectivity index (χ1v) is 8.52. The summed E-state index contributed by atoms with van der Waals surface area (Å²) in [7, 11) is 4.77. The summed E-state index contributed by atoms with van der Waals surface area (Å²) in [4.78, 5) is 16.7. The topological polar surface area (TPSA) is 81.7 Å². The summed E-state index contributed by atoms with van der Waals surface area (Å²) in [6.07, 6.45) is 3.13. The number of amides is 1. The average molecular weight is 379 g/mol. The molecule has 0 saturated heterocycles. The predicted octanol–water partition coefficient (Wildman–Crippen LogP) is 4.10. The molecule has 1 aromatic heterocycles. The van der Waals surface area contributed by atoms with Gasteiger partial charge in [0, 0.05) is 18.0 Å². The number of carbonyl (C=O) groups excluding carboxylic acids is 1. The number of rotatable bonds is 7. The molecule has 0 aliphatic carbocycles. The predicted molar refractivity (Wildman–Crippen MR) is 108 cm³/mol. The summed E-state index contributed by atoms with van der Waals surface area (Å²) in [5.74, 6) is 1.79. The van der Waals surface area contributed by atoms with Gasteiger partial charge in [0.1, 0.15) is 17.2 Å². The number of hydrogen-bond acceptors (Lipinski definition) is 6. The fraction of sp³-hybridized carbons (Fsp3) is 0.143. The van der Waals surface area contributed by atoms with Gasteiger partial charge < -0.3 is 24.8 Å². The minimum atomic E-state index is -0.265. The Labute approximate surface area is 163 Å². The summed E-state index contributed by atoms with van der Waals surface area (Å²) >= 11 is 0. The van der Waals surface area contributed by atoms with E-state index >= 15 is 0 Å². The van der Waals surface area contributed by atoms with Gasteiger partial charge in [0.05, 0.1) is 44.5 Å². The molecule has 0 aliphatic rings. The number of nitrogens with one attached hydrogen (secondary N) is 2. The molecule has 1 amide bonds. The molecule has 0 radical (unpaired) electrons. The van der Waals surface area contributed by atoms with Crippen LogP contribution >= 0.6 is 0 Å². The highest BCUT2D eigenvalue weighted by Crippen LogP contribution is 2.31. The van der Waals surface area contributed by atoms with E-state index in [0.717, 1.165) is 5.75 Å². The molecular formula is C21H21N3O4. The van der Waals surface area contributed by atoms with Crippen molar-refractivity contribution < 1.29 is 19.0 Å². The maximum absolute atomic E-state index is 12.5. The number of benzene rings is 2. The molecule has 0 saturated carbocycles. The first-order valence-electron chi connectivity index (χ1n) is 8.52. The summed E-state index contributed by atoms with van der Waals surface area (Å²) < 4.78 is 15.7. The molecule has 2 aromatic carbocycles.